The van der Waals surface area contributed by atoms with Crippen molar-refractivity contribution in [3.8, 4) is 0 Å². The second kappa shape index (κ2) is 8.99. The van der Waals surface area contributed by atoms with Gasteiger partial charge >= 0.3 is 0 Å². The number of anilines is 2. The van der Waals surface area contributed by atoms with Crippen LogP contribution in [-0.2, 0) is 4.79 Å². The Morgan fingerprint density at radius 3 is 2.31 bits per heavy atom. The van der Waals surface area contributed by atoms with E-state index in [0.29, 0.717) is 0 Å². The van der Waals surface area contributed by atoms with E-state index in [2.05, 4.69) is 24.0 Å². The molecule has 1 aromatic heterocycles. The highest BCUT2D eigenvalue weighted by Gasteiger charge is 2.33. The molecule has 6 nitrogen and oxygen atoms in total. The van der Waals surface area contributed by atoms with E-state index in [9.17, 15) is 4.79 Å². The van der Waals surface area contributed by atoms with E-state index in [0.717, 1.165) is 53.7 Å². The van der Waals surface area contributed by atoms with Gasteiger partial charge in [0.25, 0.3) is 0 Å². The van der Waals surface area contributed by atoms with Crippen LogP contribution in [0.4, 0.5) is 11.8 Å². The summed E-state index contributed by atoms with van der Waals surface area (Å²) in [5.41, 5.74) is 7.63. The maximum Gasteiger partial charge on any atom is 0.228 e. The molecule has 0 spiro atoms. The van der Waals surface area contributed by atoms with Gasteiger partial charge in [0, 0.05) is 42.8 Å². The van der Waals surface area contributed by atoms with Gasteiger partial charge in [-0.3, -0.25) is 4.79 Å². The summed E-state index contributed by atoms with van der Waals surface area (Å²) in [7, 11) is 3.97. The van der Waals surface area contributed by atoms with E-state index >= 15 is 0 Å². The number of hydrogen-bond donors (Lipinski definition) is 1. The molecule has 29 heavy (non-hydrogen) atoms. The zero-order valence-electron chi connectivity index (χ0n) is 17.6. The predicted octanol–water partition coefficient (Wildman–Crippen LogP) is 4.12. The van der Waals surface area contributed by atoms with Gasteiger partial charge < -0.3 is 15.5 Å². The summed E-state index contributed by atoms with van der Waals surface area (Å²) < 4.78 is 0. The third-order valence-corrected chi connectivity index (χ3v) is 6.03. The molecule has 1 heterocycles. The standard InChI is InChI=1S/C22H30ClN5O/c1-14-13-20(27(3)4)26-22(25-14)28(15(2)16-5-9-18(23)10-6-16)19-11-7-17(8-12-19)21(24)29/h5-6,9-10,13,15,17,19H,7-8,11-12H2,1-4H3,(H2,24,29)/t15-,17?,19?/m0/s1. The number of amides is 1. The minimum absolute atomic E-state index is 0.0327. The summed E-state index contributed by atoms with van der Waals surface area (Å²) in [6.07, 6.45) is 3.38. The number of halogens is 1. The van der Waals surface area contributed by atoms with E-state index in [1.54, 1.807) is 0 Å². The summed E-state index contributed by atoms with van der Waals surface area (Å²) in [6, 6.07) is 10.2. The number of primary amides is 1. The summed E-state index contributed by atoms with van der Waals surface area (Å²) in [4.78, 5) is 25.5. The van der Waals surface area contributed by atoms with Gasteiger partial charge in [0.15, 0.2) is 0 Å². The van der Waals surface area contributed by atoms with E-state index < -0.39 is 0 Å². The van der Waals surface area contributed by atoms with Crippen molar-refractivity contribution in [1.82, 2.24) is 9.97 Å². The predicted molar refractivity (Wildman–Crippen MR) is 118 cm³/mol. The first-order valence-electron chi connectivity index (χ1n) is 10.1. The molecule has 0 saturated heterocycles. The van der Waals surface area contributed by atoms with Gasteiger partial charge in [-0.2, -0.15) is 4.98 Å². The van der Waals surface area contributed by atoms with Crippen molar-refractivity contribution in [3.63, 3.8) is 0 Å². The Balaban J connectivity index is 1.98. The normalized spacial score (nSPS) is 20.2. The highest BCUT2D eigenvalue weighted by atomic mass is 35.5. The minimum Gasteiger partial charge on any atom is -0.369 e. The first-order valence-corrected chi connectivity index (χ1v) is 10.5. The molecule has 0 unspecified atom stereocenters. The summed E-state index contributed by atoms with van der Waals surface area (Å²) in [5, 5.41) is 0.719. The number of aromatic nitrogens is 2. The van der Waals surface area contributed by atoms with E-state index in [1.165, 1.54) is 0 Å². The second-order valence-corrected chi connectivity index (χ2v) is 8.54. The van der Waals surface area contributed by atoms with Crippen LogP contribution in [0.5, 0.6) is 0 Å². The Kier molecular flexibility index (Phi) is 6.63. The molecule has 0 aliphatic heterocycles. The number of carbonyl (C=O) groups is 1. The molecule has 0 radical (unpaired) electrons. The molecule has 1 saturated carbocycles. The van der Waals surface area contributed by atoms with E-state index in [4.69, 9.17) is 27.3 Å². The van der Waals surface area contributed by atoms with E-state index in [1.807, 2.05) is 44.1 Å². The Morgan fingerprint density at radius 2 is 1.76 bits per heavy atom. The maximum atomic E-state index is 11.6. The van der Waals surface area contributed by atoms with Crippen LogP contribution in [0, 0.1) is 12.8 Å². The van der Waals surface area contributed by atoms with Crippen LogP contribution in [0.2, 0.25) is 5.02 Å². The van der Waals surface area contributed by atoms with Gasteiger partial charge in [-0.1, -0.05) is 23.7 Å². The number of aryl methyl sites for hydroxylation is 1. The minimum atomic E-state index is -0.192. The summed E-state index contributed by atoms with van der Waals surface area (Å²) in [5.74, 6) is 1.38. The van der Waals surface area contributed by atoms with Crippen molar-refractivity contribution in [2.45, 2.75) is 51.6 Å². The third-order valence-electron chi connectivity index (χ3n) is 5.78. The fraction of sp³-hybridized carbons (Fsp3) is 0.500. The number of hydrogen-bond acceptors (Lipinski definition) is 5. The molecular weight excluding hydrogens is 386 g/mol. The first-order chi connectivity index (χ1) is 13.8. The number of rotatable bonds is 6. The fourth-order valence-electron chi connectivity index (χ4n) is 4.07. The van der Waals surface area contributed by atoms with Gasteiger partial charge in [-0.25, -0.2) is 4.98 Å². The molecule has 156 valence electrons. The van der Waals surface area contributed by atoms with Gasteiger partial charge in [-0.05, 0) is 57.2 Å². The molecule has 1 atom stereocenters. The lowest BCUT2D eigenvalue weighted by Crippen LogP contribution is -2.42. The van der Waals surface area contributed by atoms with Crippen molar-refractivity contribution in [2.24, 2.45) is 11.7 Å². The summed E-state index contributed by atoms with van der Waals surface area (Å²) in [6.45, 7) is 4.16. The second-order valence-electron chi connectivity index (χ2n) is 8.10. The first kappa shape index (κ1) is 21.4. The van der Waals surface area contributed by atoms with Crippen molar-refractivity contribution in [1.29, 1.82) is 0 Å². The van der Waals surface area contributed by atoms with Crippen molar-refractivity contribution in [2.75, 3.05) is 23.9 Å². The van der Waals surface area contributed by atoms with Crippen LogP contribution in [0.15, 0.2) is 30.3 Å². The largest absolute Gasteiger partial charge is 0.369 e. The average molecular weight is 416 g/mol. The van der Waals surface area contributed by atoms with E-state index in [-0.39, 0.29) is 23.9 Å². The quantitative estimate of drug-likeness (QED) is 0.768. The number of carbonyl (C=O) groups excluding carboxylic acids is 1. The third kappa shape index (κ3) is 4.99. The van der Waals surface area contributed by atoms with Crippen LogP contribution in [-0.4, -0.2) is 36.0 Å². The number of benzene rings is 1. The molecule has 1 aromatic carbocycles. The van der Waals surface area contributed by atoms with Gasteiger partial charge in [0.2, 0.25) is 11.9 Å². The molecule has 1 aliphatic carbocycles. The van der Waals surface area contributed by atoms with Gasteiger partial charge in [0.1, 0.15) is 5.82 Å². The Hall–Kier alpha value is -2.34. The number of nitrogens with two attached hydrogens (primary N) is 1. The molecule has 2 N–H and O–H groups in total. The van der Waals surface area contributed by atoms with Crippen molar-refractivity contribution >= 4 is 29.3 Å². The zero-order chi connectivity index (χ0) is 21.1. The Bertz CT molecular complexity index is 847. The molecule has 1 amide bonds. The average Bonchev–Trinajstić information content (AvgIpc) is 2.68. The Labute approximate surface area is 178 Å². The molecular formula is C22H30ClN5O. The highest BCUT2D eigenvalue weighted by molar-refractivity contribution is 6.30. The summed E-state index contributed by atoms with van der Waals surface area (Å²) >= 11 is 6.10. The van der Waals surface area contributed by atoms with Crippen LogP contribution in [0.1, 0.15) is 49.9 Å². The highest BCUT2D eigenvalue weighted by Crippen LogP contribution is 2.36. The van der Waals surface area contributed by atoms with Crippen molar-refractivity contribution < 1.29 is 4.79 Å². The molecule has 1 fully saturated rings. The zero-order valence-corrected chi connectivity index (χ0v) is 18.4. The Morgan fingerprint density at radius 1 is 1.14 bits per heavy atom. The lowest BCUT2D eigenvalue weighted by molar-refractivity contribution is -0.122. The van der Waals surface area contributed by atoms with Gasteiger partial charge in [-0.15, -0.1) is 0 Å². The molecule has 1 aliphatic rings. The fourth-order valence-corrected chi connectivity index (χ4v) is 4.20. The lowest BCUT2D eigenvalue weighted by atomic mass is 9.84. The monoisotopic (exact) mass is 415 g/mol. The SMILES string of the molecule is Cc1cc(N(C)C)nc(N(C2CCC(C(N)=O)CC2)[C@@H](C)c2ccc(Cl)cc2)n1. The topological polar surface area (TPSA) is 75.3 Å². The van der Waals surface area contributed by atoms with Crippen LogP contribution >= 0.6 is 11.6 Å². The smallest absolute Gasteiger partial charge is 0.228 e. The maximum absolute atomic E-state index is 11.6. The van der Waals surface area contributed by atoms with Crippen LogP contribution in [0.25, 0.3) is 0 Å². The van der Waals surface area contributed by atoms with Crippen LogP contribution in [0.3, 0.4) is 0 Å². The van der Waals surface area contributed by atoms with Crippen LogP contribution < -0.4 is 15.5 Å². The van der Waals surface area contributed by atoms with Gasteiger partial charge in [0.05, 0.1) is 6.04 Å². The number of nitrogens with zero attached hydrogens (tertiary/aromatic N) is 4. The molecule has 3 rings (SSSR count). The molecule has 7 heteroatoms. The molecule has 2 aromatic rings. The molecule has 0 bridgehead atoms. The lowest BCUT2D eigenvalue weighted by Gasteiger charge is -2.40. The van der Waals surface area contributed by atoms with Crippen molar-refractivity contribution in [3.05, 3.63) is 46.6 Å².